The lowest BCUT2D eigenvalue weighted by atomic mass is 10.1. The van der Waals surface area contributed by atoms with Crippen LogP contribution in [0, 0.1) is 0 Å². The molecule has 0 aliphatic heterocycles. The molecule has 1 heterocycles. The first-order valence-electron chi connectivity index (χ1n) is 4.91. The van der Waals surface area contributed by atoms with E-state index in [1.165, 1.54) is 6.92 Å². The van der Waals surface area contributed by atoms with Crippen molar-refractivity contribution in [3.8, 4) is 0 Å². The number of benzene rings is 1. The maximum atomic E-state index is 12.5. The highest BCUT2D eigenvalue weighted by Crippen LogP contribution is 2.30. The van der Waals surface area contributed by atoms with E-state index in [1.54, 1.807) is 0 Å². The summed E-state index contributed by atoms with van der Waals surface area (Å²) < 4.78 is 37.4. The van der Waals surface area contributed by atoms with Crippen molar-refractivity contribution in [2.75, 3.05) is 0 Å². The van der Waals surface area contributed by atoms with Gasteiger partial charge in [0.25, 0.3) is 5.56 Å². The smallest absolute Gasteiger partial charge is 0.303 e. The zero-order valence-corrected chi connectivity index (χ0v) is 9.13. The first-order valence-corrected chi connectivity index (χ1v) is 4.91. The van der Waals surface area contributed by atoms with Crippen molar-refractivity contribution in [1.82, 2.24) is 9.97 Å². The molecule has 0 bridgehead atoms. The highest BCUT2D eigenvalue weighted by molar-refractivity contribution is 5.92. The Morgan fingerprint density at radius 2 is 2.00 bits per heavy atom. The van der Waals surface area contributed by atoms with Crippen LogP contribution in [0.2, 0.25) is 0 Å². The molecule has 7 heteroatoms. The molecule has 4 nitrogen and oxygen atoms in total. The van der Waals surface area contributed by atoms with Crippen molar-refractivity contribution in [2.45, 2.75) is 13.1 Å². The lowest BCUT2D eigenvalue weighted by molar-refractivity contribution is -0.137. The van der Waals surface area contributed by atoms with Crippen molar-refractivity contribution in [3.63, 3.8) is 0 Å². The van der Waals surface area contributed by atoms with E-state index in [1.807, 2.05) is 0 Å². The minimum atomic E-state index is -4.53. The number of nitrogens with zero attached hydrogens (tertiary/aromatic N) is 1. The van der Waals surface area contributed by atoms with Gasteiger partial charge in [-0.15, -0.1) is 0 Å². The highest BCUT2D eigenvalue weighted by Gasteiger charge is 2.30. The zero-order chi connectivity index (χ0) is 13.5. The monoisotopic (exact) mass is 256 g/mol. The minimum absolute atomic E-state index is 0.0527. The molecular formula is C11H7F3N2O2. The van der Waals surface area contributed by atoms with Crippen LogP contribution in [-0.4, -0.2) is 15.8 Å². The Labute approximate surface area is 98.5 Å². The van der Waals surface area contributed by atoms with Gasteiger partial charge in [0.2, 0.25) is 0 Å². The van der Waals surface area contributed by atoms with Crippen molar-refractivity contribution in [1.29, 1.82) is 0 Å². The Kier molecular flexibility index (Phi) is 2.68. The van der Waals surface area contributed by atoms with Crippen LogP contribution in [0.3, 0.4) is 0 Å². The maximum absolute atomic E-state index is 12.5. The summed E-state index contributed by atoms with van der Waals surface area (Å²) in [7, 11) is 0. The molecule has 94 valence electrons. The third-order valence-electron chi connectivity index (χ3n) is 2.37. The number of carbonyl (C=O) groups excluding carboxylic acids is 1. The van der Waals surface area contributed by atoms with Gasteiger partial charge in [0.15, 0.2) is 11.6 Å². The van der Waals surface area contributed by atoms with Gasteiger partial charge in [-0.25, -0.2) is 4.98 Å². The van der Waals surface area contributed by atoms with Crippen LogP contribution in [0.15, 0.2) is 23.0 Å². The fraction of sp³-hybridized carbons (Fsp3) is 0.182. The van der Waals surface area contributed by atoms with Crippen molar-refractivity contribution < 1.29 is 18.0 Å². The van der Waals surface area contributed by atoms with E-state index in [9.17, 15) is 22.8 Å². The summed E-state index contributed by atoms with van der Waals surface area (Å²) in [4.78, 5) is 28.6. The van der Waals surface area contributed by atoms with E-state index in [4.69, 9.17) is 0 Å². The summed E-state index contributed by atoms with van der Waals surface area (Å²) in [5, 5.41) is -0.199. The first-order chi connectivity index (χ1) is 8.29. The topological polar surface area (TPSA) is 62.8 Å². The summed E-state index contributed by atoms with van der Waals surface area (Å²) in [5.74, 6) is -0.638. The third-order valence-corrected chi connectivity index (χ3v) is 2.37. The maximum Gasteiger partial charge on any atom is 0.416 e. The first kappa shape index (κ1) is 12.3. The number of fused-ring (bicyclic) bond motifs is 1. The fourth-order valence-corrected chi connectivity index (χ4v) is 1.48. The second-order valence-electron chi connectivity index (χ2n) is 3.70. The molecule has 0 spiro atoms. The normalized spacial score (nSPS) is 11.8. The SMILES string of the molecule is CC(=O)c1nc2ccc(C(F)(F)F)cc2c(=O)[nH]1. The van der Waals surface area contributed by atoms with Crippen LogP contribution in [0.5, 0.6) is 0 Å². The summed E-state index contributed by atoms with van der Waals surface area (Å²) in [5.41, 5.74) is -1.65. The molecule has 1 aromatic heterocycles. The average molecular weight is 256 g/mol. The molecule has 2 aromatic rings. The third kappa shape index (κ3) is 2.11. The average Bonchev–Trinajstić information content (AvgIpc) is 2.27. The molecule has 0 aliphatic carbocycles. The van der Waals surface area contributed by atoms with Crippen LogP contribution in [0.4, 0.5) is 13.2 Å². The van der Waals surface area contributed by atoms with Crippen LogP contribution >= 0.6 is 0 Å². The Balaban J connectivity index is 2.74. The van der Waals surface area contributed by atoms with Crippen molar-refractivity contribution >= 4 is 16.7 Å². The Morgan fingerprint density at radius 1 is 1.33 bits per heavy atom. The molecule has 2 rings (SSSR count). The number of hydrogen-bond donors (Lipinski definition) is 1. The number of aromatic amines is 1. The Bertz CT molecular complexity index is 689. The largest absolute Gasteiger partial charge is 0.416 e. The van der Waals surface area contributed by atoms with E-state index in [2.05, 4.69) is 9.97 Å². The number of halogens is 3. The second kappa shape index (κ2) is 3.94. The van der Waals surface area contributed by atoms with Gasteiger partial charge >= 0.3 is 6.18 Å². The van der Waals surface area contributed by atoms with E-state index in [0.29, 0.717) is 6.07 Å². The van der Waals surface area contributed by atoms with E-state index in [0.717, 1.165) is 12.1 Å². The molecule has 18 heavy (non-hydrogen) atoms. The molecule has 0 amide bonds. The van der Waals surface area contributed by atoms with Gasteiger partial charge < -0.3 is 4.98 Å². The van der Waals surface area contributed by atoms with Crippen LogP contribution < -0.4 is 5.56 Å². The van der Waals surface area contributed by atoms with Gasteiger partial charge in [0, 0.05) is 6.92 Å². The van der Waals surface area contributed by atoms with Gasteiger partial charge in [0.05, 0.1) is 16.5 Å². The molecule has 0 saturated heterocycles. The number of aromatic nitrogens is 2. The predicted molar refractivity (Wildman–Crippen MR) is 57.4 cm³/mol. The molecule has 0 radical (unpaired) electrons. The highest BCUT2D eigenvalue weighted by atomic mass is 19.4. The summed E-state index contributed by atoms with van der Waals surface area (Å²) >= 11 is 0. The minimum Gasteiger partial charge on any atom is -0.303 e. The van der Waals surface area contributed by atoms with Crippen molar-refractivity contribution in [2.24, 2.45) is 0 Å². The second-order valence-corrected chi connectivity index (χ2v) is 3.70. The number of hydrogen-bond acceptors (Lipinski definition) is 3. The van der Waals surface area contributed by atoms with Gasteiger partial charge in [-0.05, 0) is 18.2 Å². The molecule has 0 atom stereocenters. The quantitative estimate of drug-likeness (QED) is 0.795. The summed E-state index contributed by atoms with van der Waals surface area (Å²) in [6, 6.07) is 2.60. The lowest BCUT2D eigenvalue weighted by Gasteiger charge is -2.07. The number of alkyl halides is 3. The molecule has 0 unspecified atom stereocenters. The lowest BCUT2D eigenvalue weighted by Crippen LogP contribution is -2.15. The van der Waals surface area contributed by atoms with Gasteiger partial charge in [-0.3, -0.25) is 9.59 Å². The fourth-order valence-electron chi connectivity index (χ4n) is 1.48. The summed E-state index contributed by atoms with van der Waals surface area (Å²) in [6.07, 6.45) is -4.53. The van der Waals surface area contributed by atoms with E-state index >= 15 is 0 Å². The molecule has 0 saturated carbocycles. The molecule has 1 aromatic carbocycles. The van der Waals surface area contributed by atoms with Crippen LogP contribution in [0.25, 0.3) is 10.9 Å². The zero-order valence-electron chi connectivity index (χ0n) is 9.13. The number of Topliss-reactive ketones (excluding diaryl/α,β-unsaturated/α-hetero) is 1. The van der Waals surface area contributed by atoms with E-state index < -0.39 is 23.1 Å². The number of carbonyl (C=O) groups is 1. The van der Waals surface area contributed by atoms with Gasteiger partial charge in [0.1, 0.15) is 0 Å². The van der Waals surface area contributed by atoms with Gasteiger partial charge in [-0.1, -0.05) is 0 Å². The van der Waals surface area contributed by atoms with Crippen molar-refractivity contribution in [3.05, 3.63) is 39.9 Å². The number of rotatable bonds is 1. The molecule has 1 N–H and O–H groups in total. The van der Waals surface area contributed by atoms with Gasteiger partial charge in [-0.2, -0.15) is 13.2 Å². The standard InChI is InChI=1S/C11H7F3N2O2/c1-5(17)9-15-8-3-2-6(11(12,13)14)4-7(8)10(18)16-9/h2-4H,1H3,(H,15,16,18). The predicted octanol–water partition coefficient (Wildman–Crippen LogP) is 2.14. The van der Waals surface area contributed by atoms with Crippen LogP contribution in [-0.2, 0) is 6.18 Å². The van der Waals surface area contributed by atoms with Crippen LogP contribution in [0.1, 0.15) is 23.1 Å². The molecule has 0 aliphatic rings. The molecule has 0 fully saturated rings. The Hall–Kier alpha value is -2.18. The number of nitrogens with one attached hydrogen (secondary N) is 1. The number of ketones is 1. The Morgan fingerprint density at radius 3 is 2.56 bits per heavy atom. The molecular weight excluding hydrogens is 249 g/mol. The summed E-state index contributed by atoms with van der Waals surface area (Å²) in [6.45, 7) is 1.20. The van der Waals surface area contributed by atoms with E-state index in [-0.39, 0.29) is 16.7 Å². The number of H-pyrrole nitrogens is 1.